The number of H-pyrrole nitrogens is 1. The number of nitrogens with zero attached hydrogens (tertiary/aromatic N) is 3. The molecule has 0 aliphatic carbocycles. The minimum absolute atomic E-state index is 0.0990. The third-order valence-electron chi connectivity index (χ3n) is 2.06. The molecule has 0 aromatic carbocycles. The first-order valence-corrected chi connectivity index (χ1v) is 6.73. The summed E-state index contributed by atoms with van der Waals surface area (Å²) < 4.78 is 23.3. The Hall–Kier alpha value is -1.67. The molecule has 7 nitrogen and oxygen atoms in total. The highest BCUT2D eigenvalue weighted by Crippen LogP contribution is 2.15. The summed E-state index contributed by atoms with van der Waals surface area (Å²) in [5.74, 6) is 0.0990. The molecule has 0 fully saturated rings. The predicted octanol–water partition coefficient (Wildman–Crippen LogP) is 0.0979. The van der Waals surface area contributed by atoms with Gasteiger partial charge in [0.05, 0.1) is 0 Å². The van der Waals surface area contributed by atoms with Gasteiger partial charge in [-0.1, -0.05) is 0 Å². The van der Waals surface area contributed by atoms with Crippen molar-refractivity contribution in [3.05, 3.63) is 28.7 Å². The number of halogens is 1. The van der Waals surface area contributed by atoms with Crippen LogP contribution in [0.2, 0.25) is 0 Å². The number of nitrogens with one attached hydrogen (secondary N) is 1. The molecule has 2 aromatic rings. The summed E-state index contributed by atoms with van der Waals surface area (Å²) >= 11 is 0. The van der Waals surface area contributed by atoms with Crippen LogP contribution in [-0.2, 0) is 16.1 Å². The maximum atomic E-state index is 11.4. The van der Waals surface area contributed by atoms with Gasteiger partial charge in [0, 0.05) is 35.6 Å². The fraction of sp³-hybridized carbons (Fsp3) is 0.125. The summed E-state index contributed by atoms with van der Waals surface area (Å²) in [6.07, 6.45) is 1.53. The van der Waals surface area contributed by atoms with E-state index in [9.17, 15) is 13.2 Å². The van der Waals surface area contributed by atoms with Crippen molar-refractivity contribution in [2.45, 2.75) is 5.16 Å². The van der Waals surface area contributed by atoms with Gasteiger partial charge in [-0.15, -0.1) is 0 Å². The number of hydrogen-bond donors (Lipinski definition) is 1. The van der Waals surface area contributed by atoms with Gasteiger partial charge in [0.1, 0.15) is 0 Å². The number of aryl methyl sites for hydroxylation is 1. The summed E-state index contributed by atoms with van der Waals surface area (Å²) in [7, 11) is 2.74. The van der Waals surface area contributed by atoms with Gasteiger partial charge in [-0.05, 0) is 6.07 Å². The number of rotatable bonds is 2. The third-order valence-corrected chi connectivity index (χ3v) is 3.14. The zero-order valence-corrected chi connectivity index (χ0v) is 10.2. The second-order valence-electron chi connectivity index (χ2n) is 3.27. The molecule has 0 bridgehead atoms. The van der Waals surface area contributed by atoms with Crippen LogP contribution in [0.25, 0.3) is 11.4 Å². The maximum Gasteiger partial charge on any atom is 0.296 e. The average molecular weight is 275 g/mol. The lowest BCUT2D eigenvalue weighted by Crippen LogP contribution is -2.14. The molecule has 90 valence electrons. The summed E-state index contributed by atoms with van der Waals surface area (Å²) in [6, 6.07) is 2.89. The molecular weight excluding hydrogens is 268 g/mol. The van der Waals surface area contributed by atoms with E-state index in [0.29, 0.717) is 5.56 Å². The lowest BCUT2D eigenvalue weighted by atomic mass is 10.2. The highest BCUT2D eigenvalue weighted by molar-refractivity contribution is 8.13. The van der Waals surface area contributed by atoms with Crippen LogP contribution in [0, 0.1) is 0 Å². The zero-order valence-electron chi connectivity index (χ0n) is 8.58. The van der Waals surface area contributed by atoms with E-state index in [0.717, 1.165) is 0 Å². The Morgan fingerprint density at radius 1 is 1.47 bits per heavy atom. The zero-order chi connectivity index (χ0) is 12.6. The van der Waals surface area contributed by atoms with Crippen LogP contribution in [0.5, 0.6) is 0 Å². The molecule has 17 heavy (non-hydrogen) atoms. The Bertz CT molecular complexity index is 718. The van der Waals surface area contributed by atoms with Gasteiger partial charge in [-0.2, -0.15) is 10.1 Å². The molecule has 2 heterocycles. The maximum absolute atomic E-state index is 11.4. The van der Waals surface area contributed by atoms with Gasteiger partial charge in [0.2, 0.25) is 0 Å². The van der Waals surface area contributed by atoms with Crippen molar-refractivity contribution >= 4 is 19.7 Å². The quantitative estimate of drug-likeness (QED) is 0.783. The van der Waals surface area contributed by atoms with Gasteiger partial charge in [0.15, 0.2) is 5.82 Å². The van der Waals surface area contributed by atoms with E-state index in [-0.39, 0.29) is 11.4 Å². The molecule has 0 amide bonds. The smallest absolute Gasteiger partial charge is 0.296 e. The molecule has 0 atom stereocenters. The van der Waals surface area contributed by atoms with Crippen LogP contribution < -0.4 is 5.56 Å². The molecule has 0 spiro atoms. The Balaban J connectivity index is 2.51. The summed E-state index contributed by atoms with van der Waals surface area (Å²) in [5.41, 5.74) is 0.165. The molecule has 0 aliphatic heterocycles. The highest BCUT2D eigenvalue weighted by atomic mass is 35.7. The SMILES string of the molecule is Cn1ccc(-c2n[nH]c(S(=O)(=O)Cl)n2)cc1=O. The topological polar surface area (TPSA) is 97.7 Å². The normalized spacial score (nSPS) is 11.6. The molecule has 1 N–H and O–H groups in total. The van der Waals surface area contributed by atoms with Crippen molar-refractivity contribution in [1.82, 2.24) is 19.7 Å². The average Bonchev–Trinajstić information content (AvgIpc) is 2.70. The lowest BCUT2D eigenvalue weighted by molar-refractivity contribution is 0.602. The van der Waals surface area contributed by atoms with Gasteiger partial charge >= 0.3 is 0 Å². The van der Waals surface area contributed by atoms with Crippen LogP contribution in [-0.4, -0.2) is 28.2 Å². The molecule has 0 saturated carbocycles. The number of aromatic nitrogens is 4. The molecular formula is C8H7ClN4O3S. The third kappa shape index (κ3) is 2.37. The number of pyridine rings is 1. The predicted molar refractivity (Wildman–Crippen MR) is 60.1 cm³/mol. The van der Waals surface area contributed by atoms with E-state index in [1.807, 2.05) is 0 Å². The molecule has 0 aliphatic rings. The summed E-state index contributed by atoms with van der Waals surface area (Å²) in [6.45, 7) is 0. The van der Waals surface area contributed by atoms with Crippen LogP contribution in [0.1, 0.15) is 0 Å². The highest BCUT2D eigenvalue weighted by Gasteiger charge is 2.16. The second kappa shape index (κ2) is 3.97. The van der Waals surface area contributed by atoms with E-state index in [2.05, 4.69) is 15.2 Å². The van der Waals surface area contributed by atoms with Crippen molar-refractivity contribution in [2.75, 3.05) is 0 Å². The molecule has 0 radical (unpaired) electrons. The van der Waals surface area contributed by atoms with Gasteiger partial charge < -0.3 is 4.57 Å². The minimum Gasteiger partial charge on any atom is -0.319 e. The second-order valence-corrected chi connectivity index (χ2v) is 5.75. The summed E-state index contributed by atoms with van der Waals surface area (Å²) in [4.78, 5) is 15.1. The monoisotopic (exact) mass is 274 g/mol. The van der Waals surface area contributed by atoms with E-state index < -0.39 is 14.2 Å². The lowest BCUT2D eigenvalue weighted by Gasteiger charge is -1.97. The minimum atomic E-state index is -3.95. The van der Waals surface area contributed by atoms with Crippen LogP contribution in [0.3, 0.4) is 0 Å². The fourth-order valence-electron chi connectivity index (χ4n) is 1.17. The molecule has 2 rings (SSSR count). The first kappa shape index (κ1) is 11.8. The largest absolute Gasteiger partial charge is 0.319 e. The van der Waals surface area contributed by atoms with E-state index in [1.54, 1.807) is 13.1 Å². The molecule has 0 saturated heterocycles. The van der Waals surface area contributed by atoms with Gasteiger partial charge in [-0.25, -0.2) is 13.5 Å². The molecule has 9 heteroatoms. The van der Waals surface area contributed by atoms with Crippen molar-refractivity contribution in [3.8, 4) is 11.4 Å². The van der Waals surface area contributed by atoms with Crippen LogP contribution >= 0.6 is 10.7 Å². The van der Waals surface area contributed by atoms with Crippen LogP contribution in [0.4, 0.5) is 0 Å². The van der Waals surface area contributed by atoms with Crippen molar-refractivity contribution in [2.24, 2.45) is 7.05 Å². The fourth-order valence-corrected chi connectivity index (χ4v) is 1.73. The number of aromatic amines is 1. The van der Waals surface area contributed by atoms with E-state index >= 15 is 0 Å². The molecule has 0 unspecified atom stereocenters. The van der Waals surface area contributed by atoms with E-state index in [4.69, 9.17) is 10.7 Å². The van der Waals surface area contributed by atoms with Crippen molar-refractivity contribution in [3.63, 3.8) is 0 Å². The molecule has 2 aromatic heterocycles. The Morgan fingerprint density at radius 3 is 2.71 bits per heavy atom. The summed E-state index contributed by atoms with van der Waals surface area (Å²) in [5, 5.41) is 5.41. The van der Waals surface area contributed by atoms with Gasteiger partial charge in [0.25, 0.3) is 19.8 Å². The standard InChI is InChI=1S/C8H7ClN4O3S/c1-13-3-2-5(4-6(13)14)7-10-8(12-11-7)17(9,15)16/h2-4H,1H3,(H,10,11,12). The van der Waals surface area contributed by atoms with E-state index in [1.165, 1.54) is 16.8 Å². The first-order valence-electron chi connectivity index (χ1n) is 4.42. The van der Waals surface area contributed by atoms with Crippen molar-refractivity contribution < 1.29 is 8.42 Å². The van der Waals surface area contributed by atoms with Crippen molar-refractivity contribution in [1.29, 1.82) is 0 Å². The number of hydrogen-bond acceptors (Lipinski definition) is 5. The van der Waals surface area contributed by atoms with Crippen LogP contribution in [0.15, 0.2) is 28.3 Å². The first-order chi connectivity index (χ1) is 7.88. The Kier molecular flexibility index (Phi) is 2.76. The Labute approximate surface area is 100 Å². The van der Waals surface area contributed by atoms with Gasteiger partial charge in [-0.3, -0.25) is 4.79 Å². The Morgan fingerprint density at radius 2 is 2.18 bits per heavy atom.